The van der Waals surface area contributed by atoms with Crippen LogP contribution in [0.15, 0.2) is 43.6 Å². The van der Waals surface area contributed by atoms with E-state index in [1.165, 1.54) is 4.90 Å². The quantitative estimate of drug-likeness (QED) is 0.857. The average molecular weight is 354 g/mol. The number of hydrogen-bond donors (Lipinski definition) is 1. The maximum absolute atomic E-state index is 12.8. The van der Waals surface area contributed by atoms with Crippen LogP contribution in [0.2, 0.25) is 0 Å². The Balaban J connectivity index is 1.57. The number of nitrogens with one attached hydrogen (secondary N) is 1. The Bertz CT molecular complexity index is 883. The van der Waals surface area contributed by atoms with Gasteiger partial charge in [-0.1, -0.05) is 12.1 Å². The number of nitrogens with zero attached hydrogens (tertiary/aromatic N) is 3. The molecule has 3 heterocycles. The number of amidine groups is 1. The van der Waals surface area contributed by atoms with Crippen LogP contribution in [-0.4, -0.2) is 42.3 Å². The third kappa shape index (κ3) is 2.84. The van der Waals surface area contributed by atoms with Gasteiger partial charge in [-0.2, -0.15) is 0 Å². The predicted molar refractivity (Wildman–Crippen MR) is 99.1 cm³/mol. The van der Waals surface area contributed by atoms with Gasteiger partial charge in [-0.3, -0.25) is 9.79 Å². The molecular weight excluding hydrogens is 336 g/mol. The number of carbonyl (C=O) groups is 1. The Kier molecular flexibility index (Phi) is 4.09. The maximum atomic E-state index is 12.8. The van der Waals surface area contributed by atoms with Crippen molar-refractivity contribution in [1.82, 2.24) is 10.2 Å². The van der Waals surface area contributed by atoms with Crippen molar-refractivity contribution in [3.05, 3.63) is 46.7 Å². The van der Waals surface area contributed by atoms with E-state index in [9.17, 15) is 4.79 Å². The Hall–Kier alpha value is -2.54. The molecule has 128 valence electrons. The van der Waals surface area contributed by atoms with Crippen LogP contribution in [0.5, 0.6) is 0 Å². The summed E-state index contributed by atoms with van der Waals surface area (Å²) in [5.41, 5.74) is 2.28. The van der Waals surface area contributed by atoms with E-state index in [-0.39, 0.29) is 5.91 Å². The second-order valence-electron chi connectivity index (χ2n) is 5.89. The summed E-state index contributed by atoms with van der Waals surface area (Å²) in [6.07, 6.45) is 3.76. The van der Waals surface area contributed by atoms with Crippen LogP contribution in [0.1, 0.15) is 27.2 Å². The second-order valence-corrected chi connectivity index (χ2v) is 6.77. The number of benzene rings is 1. The zero-order chi connectivity index (χ0) is 17.4. The third-order valence-electron chi connectivity index (χ3n) is 4.32. The van der Waals surface area contributed by atoms with E-state index in [1.807, 2.05) is 23.3 Å². The van der Waals surface area contributed by atoms with Gasteiger partial charge in [-0.25, -0.2) is 4.99 Å². The zero-order valence-corrected chi connectivity index (χ0v) is 14.9. The number of fused-ring (bicyclic) bond motifs is 3. The molecule has 0 spiro atoms. The number of thioether (sulfide) groups is 1. The second kappa shape index (κ2) is 6.40. The van der Waals surface area contributed by atoms with Crippen LogP contribution in [0.4, 0.5) is 5.88 Å². The molecule has 0 saturated carbocycles. The number of hydrogen-bond acceptors (Lipinski definition) is 6. The van der Waals surface area contributed by atoms with Crippen molar-refractivity contribution in [3.63, 3.8) is 0 Å². The van der Waals surface area contributed by atoms with Crippen molar-refractivity contribution in [2.24, 2.45) is 9.98 Å². The predicted octanol–water partition coefficient (Wildman–Crippen LogP) is 2.98. The van der Waals surface area contributed by atoms with Crippen LogP contribution in [0, 0.1) is 6.92 Å². The van der Waals surface area contributed by atoms with E-state index >= 15 is 0 Å². The van der Waals surface area contributed by atoms with Crippen molar-refractivity contribution >= 4 is 35.7 Å². The molecular formula is C18H18N4O2S. The minimum Gasteiger partial charge on any atom is -0.442 e. The number of carbonyl (C=O) groups excluding carboxylic acids is 1. The Morgan fingerprint density at radius 3 is 2.92 bits per heavy atom. The van der Waals surface area contributed by atoms with Crippen LogP contribution >= 0.6 is 11.8 Å². The van der Waals surface area contributed by atoms with Crippen LogP contribution in [0.3, 0.4) is 0 Å². The molecule has 4 rings (SSSR count). The topological polar surface area (TPSA) is 70.2 Å². The number of furan rings is 1. The zero-order valence-electron chi connectivity index (χ0n) is 14.1. The standard InChI is InChI=1S/C18H18N4O2S/c1-11-14(15-16-19-7-8-22(16)10-21-18(15)24-11)17(23)20-9-12-3-5-13(25-2)6-4-12/h3-6,10H,7-9H2,1-2H3,(H,20,23). The van der Waals surface area contributed by atoms with Gasteiger partial charge in [0.2, 0.25) is 5.88 Å². The summed E-state index contributed by atoms with van der Waals surface area (Å²) in [5.74, 6) is 1.64. The van der Waals surface area contributed by atoms with Crippen molar-refractivity contribution < 1.29 is 9.21 Å². The molecule has 0 radical (unpaired) electrons. The van der Waals surface area contributed by atoms with Gasteiger partial charge >= 0.3 is 0 Å². The lowest BCUT2D eigenvalue weighted by Crippen LogP contribution is -2.32. The molecule has 0 fully saturated rings. The molecule has 7 heteroatoms. The Morgan fingerprint density at radius 1 is 1.36 bits per heavy atom. The van der Waals surface area contributed by atoms with Crippen LogP contribution in [0.25, 0.3) is 0 Å². The molecule has 0 atom stereocenters. The molecule has 1 amide bonds. The highest BCUT2D eigenvalue weighted by Gasteiger charge is 2.33. The van der Waals surface area contributed by atoms with Gasteiger partial charge in [0.15, 0.2) is 0 Å². The number of aliphatic imine (C=N–C) groups is 2. The van der Waals surface area contributed by atoms with E-state index in [1.54, 1.807) is 25.0 Å². The van der Waals surface area contributed by atoms with Gasteiger partial charge in [0.05, 0.1) is 17.7 Å². The number of rotatable bonds is 4. The van der Waals surface area contributed by atoms with Gasteiger partial charge in [0, 0.05) is 18.0 Å². The fourth-order valence-corrected chi connectivity index (χ4v) is 3.44. The van der Waals surface area contributed by atoms with E-state index in [2.05, 4.69) is 27.4 Å². The van der Waals surface area contributed by atoms with E-state index in [0.717, 1.165) is 17.9 Å². The molecule has 6 nitrogen and oxygen atoms in total. The van der Waals surface area contributed by atoms with E-state index in [4.69, 9.17) is 4.42 Å². The smallest absolute Gasteiger partial charge is 0.255 e. The molecule has 2 aliphatic heterocycles. The molecule has 0 bridgehead atoms. The van der Waals surface area contributed by atoms with Crippen molar-refractivity contribution in [1.29, 1.82) is 0 Å². The summed E-state index contributed by atoms with van der Waals surface area (Å²) >= 11 is 1.70. The summed E-state index contributed by atoms with van der Waals surface area (Å²) < 4.78 is 5.68. The fraction of sp³-hybridized carbons (Fsp3) is 0.278. The minimum atomic E-state index is -0.164. The third-order valence-corrected chi connectivity index (χ3v) is 5.06. The summed E-state index contributed by atoms with van der Waals surface area (Å²) in [6.45, 7) is 3.74. The van der Waals surface area contributed by atoms with Gasteiger partial charge < -0.3 is 14.6 Å². The Morgan fingerprint density at radius 2 is 2.16 bits per heavy atom. The normalized spacial score (nSPS) is 15.0. The molecule has 1 aromatic heterocycles. The minimum absolute atomic E-state index is 0.164. The lowest BCUT2D eigenvalue weighted by molar-refractivity contribution is 0.0949. The van der Waals surface area contributed by atoms with E-state index in [0.29, 0.717) is 35.9 Å². The fourth-order valence-electron chi connectivity index (χ4n) is 3.03. The highest BCUT2D eigenvalue weighted by molar-refractivity contribution is 7.98. The molecule has 25 heavy (non-hydrogen) atoms. The first-order valence-corrected chi connectivity index (χ1v) is 9.30. The summed E-state index contributed by atoms with van der Waals surface area (Å²) in [4.78, 5) is 24.7. The first kappa shape index (κ1) is 16.0. The maximum Gasteiger partial charge on any atom is 0.255 e. The van der Waals surface area contributed by atoms with Gasteiger partial charge in [-0.05, 0) is 30.9 Å². The summed E-state index contributed by atoms with van der Waals surface area (Å²) in [6, 6.07) is 8.15. The Labute approximate surface area is 150 Å². The van der Waals surface area contributed by atoms with Crippen LogP contribution < -0.4 is 5.32 Å². The van der Waals surface area contributed by atoms with Gasteiger partial charge in [-0.15, -0.1) is 11.8 Å². The first-order chi connectivity index (χ1) is 12.2. The van der Waals surface area contributed by atoms with Gasteiger partial charge in [0.1, 0.15) is 17.9 Å². The number of amides is 1. The molecule has 0 saturated heterocycles. The SMILES string of the molecule is CSc1ccc(CNC(=O)c2c(C)oc3c2C2=NCCN2C=N3)cc1. The molecule has 0 unspecified atom stereocenters. The largest absolute Gasteiger partial charge is 0.442 e. The number of aryl methyl sites for hydroxylation is 1. The highest BCUT2D eigenvalue weighted by Crippen LogP contribution is 2.34. The summed E-state index contributed by atoms with van der Waals surface area (Å²) in [7, 11) is 0. The monoisotopic (exact) mass is 354 g/mol. The van der Waals surface area contributed by atoms with Gasteiger partial charge in [0.25, 0.3) is 5.91 Å². The molecule has 2 aromatic rings. The van der Waals surface area contributed by atoms with Crippen LogP contribution in [-0.2, 0) is 6.54 Å². The molecule has 1 aromatic carbocycles. The lowest BCUT2D eigenvalue weighted by Gasteiger charge is -2.18. The van der Waals surface area contributed by atoms with Crippen molar-refractivity contribution in [2.75, 3.05) is 19.3 Å². The first-order valence-electron chi connectivity index (χ1n) is 8.07. The summed E-state index contributed by atoms with van der Waals surface area (Å²) in [5, 5.41) is 2.98. The van der Waals surface area contributed by atoms with Crippen molar-refractivity contribution in [3.8, 4) is 0 Å². The van der Waals surface area contributed by atoms with Crippen molar-refractivity contribution in [2.45, 2.75) is 18.4 Å². The average Bonchev–Trinajstić information content (AvgIpc) is 3.23. The highest BCUT2D eigenvalue weighted by atomic mass is 32.2. The molecule has 0 aliphatic carbocycles. The molecule has 1 N–H and O–H groups in total. The van der Waals surface area contributed by atoms with E-state index < -0.39 is 0 Å². The lowest BCUT2D eigenvalue weighted by atomic mass is 10.1. The molecule has 2 aliphatic rings.